The van der Waals surface area contributed by atoms with Gasteiger partial charge in [-0.05, 0) is 36.4 Å². The van der Waals surface area contributed by atoms with Crippen molar-refractivity contribution in [2.45, 2.75) is 6.54 Å². The zero-order chi connectivity index (χ0) is 11.8. The van der Waals surface area contributed by atoms with Gasteiger partial charge in [-0.15, -0.1) is 0 Å². The van der Waals surface area contributed by atoms with E-state index in [4.69, 9.17) is 4.74 Å². The fourth-order valence-electron chi connectivity index (χ4n) is 1.67. The second kappa shape index (κ2) is 6.85. The lowest BCUT2D eigenvalue weighted by atomic mass is 10.2. The van der Waals surface area contributed by atoms with Crippen molar-refractivity contribution >= 4 is 0 Å². The maximum atomic E-state index is 5.13. The lowest BCUT2D eigenvalue weighted by Crippen LogP contribution is -3.10. The molecule has 0 saturated carbocycles. The molecule has 0 aliphatic heterocycles. The first-order valence-electron chi connectivity index (χ1n) is 5.48. The summed E-state index contributed by atoms with van der Waals surface area (Å²) in [5.74, 6) is 0.901. The molecule has 2 heteroatoms. The van der Waals surface area contributed by atoms with Crippen molar-refractivity contribution in [3.05, 3.63) is 55.1 Å². The van der Waals surface area contributed by atoms with Crippen molar-refractivity contribution in [2.75, 3.05) is 20.2 Å². The number of hydrogen-bond donors (Lipinski definition) is 1. The molecule has 86 valence electrons. The number of benzene rings is 1. The maximum Gasteiger partial charge on any atom is 0.118 e. The first kappa shape index (κ1) is 12.5. The standard InChI is InChI=1S/C14H19NO/c1-4-10-15(11-5-2)12-13-6-8-14(16-3)9-7-13/h4-9H,1-2,10-12H2,3H3/p+1. The molecule has 0 unspecified atom stereocenters. The number of ether oxygens (including phenoxy) is 1. The molecule has 0 fully saturated rings. The van der Waals surface area contributed by atoms with E-state index in [1.165, 1.54) is 10.5 Å². The fourth-order valence-corrected chi connectivity index (χ4v) is 1.67. The van der Waals surface area contributed by atoms with Gasteiger partial charge in [0.2, 0.25) is 0 Å². The first-order valence-corrected chi connectivity index (χ1v) is 5.48. The summed E-state index contributed by atoms with van der Waals surface area (Å²) in [6, 6.07) is 8.19. The second-order valence-corrected chi connectivity index (χ2v) is 3.76. The average Bonchev–Trinajstić information content (AvgIpc) is 2.31. The highest BCUT2D eigenvalue weighted by Gasteiger charge is 2.05. The number of rotatable bonds is 7. The Labute approximate surface area is 97.8 Å². The van der Waals surface area contributed by atoms with Gasteiger partial charge in [-0.1, -0.05) is 13.2 Å². The fraction of sp³-hybridized carbons (Fsp3) is 0.286. The Kier molecular flexibility index (Phi) is 5.37. The number of methoxy groups -OCH3 is 1. The van der Waals surface area contributed by atoms with Crippen LogP contribution in [0.15, 0.2) is 49.6 Å². The van der Waals surface area contributed by atoms with E-state index in [1.54, 1.807) is 7.11 Å². The molecule has 0 aromatic heterocycles. The van der Waals surface area contributed by atoms with E-state index in [0.717, 1.165) is 25.4 Å². The van der Waals surface area contributed by atoms with Crippen LogP contribution in [0, 0.1) is 0 Å². The SMILES string of the molecule is C=CC[NH+](CC=C)Cc1ccc(OC)cc1. The molecule has 0 atom stereocenters. The molecule has 0 aliphatic rings. The monoisotopic (exact) mass is 218 g/mol. The van der Waals surface area contributed by atoms with Crippen LogP contribution >= 0.6 is 0 Å². The molecule has 2 nitrogen and oxygen atoms in total. The quantitative estimate of drug-likeness (QED) is 0.684. The second-order valence-electron chi connectivity index (χ2n) is 3.76. The number of nitrogens with one attached hydrogen (secondary N) is 1. The van der Waals surface area contributed by atoms with E-state index >= 15 is 0 Å². The van der Waals surface area contributed by atoms with Gasteiger partial charge in [0.1, 0.15) is 12.3 Å². The van der Waals surface area contributed by atoms with E-state index < -0.39 is 0 Å². The highest BCUT2D eigenvalue weighted by Crippen LogP contribution is 2.10. The summed E-state index contributed by atoms with van der Waals surface area (Å²) in [6.07, 6.45) is 3.89. The summed E-state index contributed by atoms with van der Waals surface area (Å²) in [6.45, 7) is 10.5. The van der Waals surface area contributed by atoms with Crippen LogP contribution in [-0.4, -0.2) is 20.2 Å². The lowest BCUT2D eigenvalue weighted by molar-refractivity contribution is -0.902. The number of quaternary nitrogens is 1. The maximum absolute atomic E-state index is 5.13. The lowest BCUT2D eigenvalue weighted by Gasteiger charge is -2.16. The van der Waals surface area contributed by atoms with Crippen LogP contribution in [-0.2, 0) is 6.54 Å². The van der Waals surface area contributed by atoms with Crippen LogP contribution in [0.5, 0.6) is 5.75 Å². The van der Waals surface area contributed by atoms with Gasteiger partial charge in [0.05, 0.1) is 20.2 Å². The molecule has 0 heterocycles. The summed E-state index contributed by atoms with van der Waals surface area (Å²) in [7, 11) is 1.68. The zero-order valence-electron chi connectivity index (χ0n) is 9.91. The number of hydrogen-bond acceptors (Lipinski definition) is 1. The van der Waals surface area contributed by atoms with Crippen LogP contribution in [0.25, 0.3) is 0 Å². The Balaban J connectivity index is 2.61. The van der Waals surface area contributed by atoms with Crippen molar-refractivity contribution in [1.29, 1.82) is 0 Å². The summed E-state index contributed by atoms with van der Waals surface area (Å²) < 4.78 is 5.13. The van der Waals surface area contributed by atoms with Gasteiger partial charge < -0.3 is 9.64 Å². The summed E-state index contributed by atoms with van der Waals surface area (Å²) in [5, 5.41) is 0. The molecule has 1 aromatic rings. The average molecular weight is 218 g/mol. The largest absolute Gasteiger partial charge is 0.497 e. The van der Waals surface area contributed by atoms with Crippen molar-refractivity contribution in [3.63, 3.8) is 0 Å². The van der Waals surface area contributed by atoms with Crippen LogP contribution in [0.1, 0.15) is 5.56 Å². The highest BCUT2D eigenvalue weighted by atomic mass is 16.5. The van der Waals surface area contributed by atoms with Gasteiger partial charge in [-0.25, -0.2) is 0 Å². The molecule has 16 heavy (non-hydrogen) atoms. The van der Waals surface area contributed by atoms with Gasteiger partial charge >= 0.3 is 0 Å². The minimum atomic E-state index is 0.901. The third-order valence-corrected chi connectivity index (χ3v) is 2.48. The predicted octanol–water partition coefficient (Wildman–Crippen LogP) is 1.45. The minimum Gasteiger partial charge on any atom is -0.497 e. The van der Waals surface area contributed by atoms with E-state index in [0.29, 0.717) is 0 Å². The Morgan fingerprint density at radius 1 is 1.12 bits per heavy atom. The first-order chi connectivity index (χ1) is 7.80. The summed E-state index contributed by atoms with van der Waals surface area (Å²) in [5.41, 5.74) is 1.31. The van der Waals surface area contributed by atoms with Crippen molar-refractivity contribution < 1.29 is 9.64 Å². The van der Waals surface area contributed by atoms with E-state index in [-0.39, 0.29) is 0 Å². The third-order valence-electron chi connectivity index (χ3n) is 2.48. The van der Waals surface area contributed by atoms with Crippen LogP contribution < -0.4 is 9.64 Å². The zero-order valence-corrected chi connectivity index (χ0v) is 9.91. The Bertz CT molecular complexity index is 319. The molecule has 0 bridgehead atoms. The molecular weight excluding hydrogens is 198 g/mol. The molecular formula is C14H20NO+. The van der Waals surface area contributed by atoms with E-state index in [9.17, 15) is 0 Å². The molecule has 0 aliphatic carbocycles. The van der Waals surface area contributed by atoms with Gasteiger partial charge in [0.25, 0.3) is 0 Å². The molecule has 1 N–H and O–H groups in total. The normalized spacial score (nSPS) is 10.1. The molecule has 1 aromatic carbocycles. The van der Waals surface area contributed by atoms with Gasteiger partial charge in [-0.2, -0.15) is 0 Å². The van der Waals surface area contributed by atoms with E-state index in [2.05, 4.69) is 25.3 Å². The summed E-state index contributed by atoms with van der Waals surface area (Å²) in [4.78, 5) is 1.44. The Hall–Kier alpha value is -1.54. The molecule has 0 saturated heterocycles. The molecule has 0 amide bonds. The topological polar surface area (TPSA) is 13.7 Å². The van der Waals surface area contributed by atoms with Crippen molar-refractivity contribution in [1.82, 2.24) is 0 Å². The molecule has 0 spiro atoms. The van der Waals surface area contributed by atoms with Crippen molar-refractivity contribution in [3.8, 4) is 5.75 Å². The minimum absolute atomic E-state index is 0.901. The summed E-state index contributed by atoms with van der Waals surface area (Å²) >= 11 is 0. The van der Waals surface area contributed by atoms with Gasteiger partial charge in [0, 0.05) is 5.56 Å². The smallest absolute Gasteiger partial charge is 0.118 e. The van der Waals surface area contributed by atoms with Crippen LogP contribution in [0.3, 0.4) is 0 Å². The van der Waals surface area contributed by atoms with Crippen molar-refractivity contribution in [2.24, 2.45) is 0 Å². The van der Waals surface area contributed by atoms with Gasteiger partial charge in [0.15, 0.2) is 0 Å². The Morgan fingerprint density at radius 2 is 1.69 bits per heavy atom. The molecule has 0 radical (unpaired) electrons. The van der Waals surface area contributed by atoms with E-state index in [1.807, 2.05) is 24.3 Å². The highest BCUT2D eigenvalue weighted by molar-refractivity contribution is 5.26. The predicted molar refractivity (Wildman–Crippen MR) is 67.8 cm³/mol. The Morgan fingerprint density at radius 3 is 2.12 bits per heavy atom. The van der Waals surface area contributed by atoms with Gasteiger partial charge in [-0.3, -0.25) is 0 Å². The van der Waals surface area contributed by atoms with Crippen LogP contribution in [0.2, 0.25) is 0 Å². The van der Waals surface area contributed by atoms with Crippen LogP contribution in [0.4, 0.5) is 0 Å². The molecule has 1 rings (SSSR count). The third kappa shape index (κ3) is 3.91.